The Morgan fingerprint density at radius 2 is 1.79 bits per heavy atom. The molecule has 1 unspecified atom stereocenters. The highest BCUT2D eigenvalue weighted by Crippen LogP contribution is 2.22. The second-order valence-electron chi connectivity index (χ2n) is 4.98. The lowest BCUT2D eigenvalue weighted by Gasteiger charge is -2.32. The Morgan fingerprint density at radius 1 is 1.14 bits per heavy atom. The van der Waals surface area contributed by atoms with Crippen molar-refractivity contribution in [2.45, 2.75) is 40.0 Å². The van der Waals surface area contributed by atoms with E-state index in [1.807, 2.05) is 0 Å². The molecule has 0 aromatic rings. The zero-order chi connectivity index (χ0) is 11.0. The lowest BCUT2D eigenvalue weighted by Crippen LogP contribution is -2.40. The molecule has 0 radical (unpaired) electrons. The highest BCUT2D eigenvalue weighted by atomic mass is 15.1. The molecular weight excluding hydrogens is 172 g/mol. The van der Waals surface area contributed by atoms with Gasteiger partial charge in [0.05, 0.1) is 0 Å². The number of nitrogens with one attached hydrogen (secondary N) is 1. The van der Waals surface area contributed by atoms with Crippen molar-refractivity contribution >= 4 is 0 Å². The van der Waals surface area contributed by atoms with Crippen LogP contribution < -0.4 is 5.32 Å². The van der Waals surface area contributed by atoms with Gasteiger partial charge in [-0.25, -0.2) is 0 Å². The molecule has 86 valence electrons. The van der Waals surface area contributed by atoms with Crippen molar-refractivity contribution in [1.82, 2.24) is 10.2 Å². The lowest BCUT2D eigenvalue weighted by molar-refractivity contribution is 0.195. The molecule has 0 saturated heterocycles. The van der Waals surface area contributed by atoms with Gasteiger partial charge in [-0.1, -0.05) is 27.2 Å². The van der Waals surface area contributed by atoms with Crippen molar-refractivity contribution in [1.29, 1.82) is 0 Å². The standard InChI is InChI=1S/C12H28N2/c1-6-8-12(3,11-14(4)5)10-13-9-7-2/h13H,6-11H2,1-5H3. The van der Waals surface area contributed by atoms with Gasteiger partial charge in [0.1, 0.15) is 0 Å². The molecule has 0 aliphatic carbocycles. The summed E-state index contributed by atoms with van der Waals surface area (Å²) in [6, 6.07) is 0. The van der Waals surface area contributed by atoms with Crippen LogP contribution in [0.1, 0.15) is 40.0 Å². The van der Waals surface area contributed by atoms with Crippen LogP contribution in [0.3, 0.4) is 0 Å². The molecule has 0 aliphatic heterocycles. The summed E-state index contributed by atoms with van der Waals surface area (Å²) >= 11 is 0. The van der Waals surface area contributed by atoms with Gasteiger partial charge in [0.25, 0.3) is 0 Å². The quantitative estimate of drug-likeness (QED) is 0.605. The zero-order valence-electron chi connectivity index (χ0n) is 10.7. The van der Waals surface area contributed by atoms with Gasteiger partial charge in [-0.3, -0.25) is 0 Å². The molecule has 1 N–H and O–H groups in total. The molecule has 0 aromatic heterocycles. The van der Waals surface area contributed by atoms with Crippen molar-refractivity contribution in [3.63, 3.8) is 0 Å². The molecule has 0 spiro atoms. The number of hydrogen-bond acceptors (Lipinski definition) is 2. The van der Waals surface area contributed by atoms with Crippen LogP contribution in [0.4, 0.5) is 0 Å². The van der Waals surface area contributed by atoms with Crippen LogP contribution in [-0.4, -0.2) is 38.6 Å². The second-order valence-corrected chi connectivity index (χ2v) is 4.98. The molecule has 0 bridgehead atoms. The zero-order valence-corrected chi connectivity index (χ0v) is 10.7. The molecule has 0 saturated carbocycles. The van der Waals surface area contributed by atoms with Crippen molar-refractivity contribution in [2.75, 3.05) is 33.7 Å². The predicted octanol–water partition coefficient (Wildman–Crippen LogP) is 2.35. The van der Waals surface area contributed by atoms with Crippen LogP contribution in [0.15, 0.2) is 0 Å². The maximum Gasteiger partial charge on any atom is 0.00414 e. The smallest absolute Gasteiger partial charge is 0.00414 e. The first-order valence-electron chi connectivity index (χ1n) is 5.89. The molecule has 0 rings (SSSR count). The molecular formula is C12H28N2. The van der Waals surface area contributed by atoms with E-state index in [4.69, 9.17) is 0 Å². The fraction of sp³-hybridized carbons (Fsp3) is 1.00. The minimum absolute atomic E-state index is 0.438. The summed E-state index contributed by atoms with van der Waals surface area (Å²) in [4.78, 5) is 2.29. The van der Waals surface area contributed by atoms with Crippen molar-refractivity contribution in [3.8, 4) is 0 Å². The highest BCUT2D eigenvalue weighted by molar-refractivity contribution is 4.78. The van der Waals surface area contributed by atoms with E-state index in [-0.39, 0.29) is 0 Å². The summed E-state index contributed by atoms with van der Waals surface area (Å²) in [6.07, 6.45) is 3.81. The van der Waals surface area contributed by atoms with E-state index in [1.165, 1.54) is 25.8 Å². The SMILES string of the molecule is CCCNCC(C)(CCC)CN(C)C. The van der Waals surface area contributed by atoms with Gasteiger partial charge in [-0.2, -0.15) is 0 Å². The second kappa shape index (κ2) is 7.24. The van der Waals surface area contributed by atoms with Crippen molar-refractivity contribution in [3.05, 3.63) is 0 Å². The maximum atomic E-state index is 3.54. The topological polar surface area (TPSA) is 15.3 Å². The first-order chi connectivity index (χ1) is 6.54. The summed E-state index contributed by atoms with van der Waals surface area (Å²) in [7, 11) is 4.32. The summed E-state index contributed by atoms with van der Waals surface area (Å²) in [5.41, 5.74) is 0.438. The number of nitrogens with zero attached hydrogens (tertiary/aromatic N) is 1. The minimum atomic E-state index is 0.438. The van der Waals surface area contributed by atoms with Gasteiger partial charge in [0.2, 0.25) is 0 Å². The average molecular weight is 200 g/mol. The third-order valence-corrected chi connectivity index (χ3v) is 2.53. The normalized spacial score (nSPS) is 15.9. The monoisotopic (exact) mass is 200 g/mol. The Labute approximate surface area is 90.1 Å². The van der Waals surface area contributed by atoms with Crippen LogP contribution in [0.2, 0.25) is 0 Å². The molecule has 0 heterocycles. The third-order valence-electron chi connectivity index (χ3n) is 2.53. The fourth-order valence-electron chi connectivity index (χ4n) is 2.16. The Balaban J connectivity index is 3.95. The van der Waals surface area contributed by atoms with Crippen molar-refractivity contribution < 1.29 is 0 Å². The highest BCUT2D eigenvalue weighted by Gasteiger charge is 2.23. The number of rotatable bonds is 8. The predicted molar refractivity (Wildman–Crippen MR) is 64.7 cm³/mol. The van der Waals surface area contributed by atoms with E-state index in [1.54, 1.807) is 0 Å². The molecule has 14 heavy (non-hydrogen) atoms. The molecule has 1 atom stereocenters. The summed E-state index contributed by atoms with van der Waals surface area (Å²) in [5.74, 6) is 0. The van der Waals surface area contributed by atoms with E-state index in [0.717, 1.165) is 13.1 Å². The van der Waals surface area contributed by atoms with Gasteiger partial charge in [-0.15, -0.1) is 0 Å². The van der Waals surface area contributed by atoms with E-state index in [0.29, 0.717) is 5.41 Å². The van der Waals surface area contributed by atoms with E-state index >= 15 is 0 Å². The fourth-order valence-corrected chi connectivity index (χ4v) is 2.16. The largest absolute Gasteiger partial charge is 0.316 e. The van der Waals surface area contributed by atoms with Crippen LogP contribution in [0.5, 0.6) is 0 Å². The van der Waals surface area contributed by atoms with E-state index < -0.39 is 0 Å². The van der Waals surface area contributed by atoms with Crippen LogP contribution in [-0.2, 0) is 0 Å². The van der Waals surface area contributed by atoms with Crippen LogP contribution in [0, 0.1) is 5.41 Å². The molecule has 2 nitrogen and oxygen atoms in total. The maximum absolute atomic E-state index is 3.54. The van der Waals surface area contributed by atoms with Gasteiger partial charge >= 0.3 is 0 Å². The van der Waals surface area contributed by atoms with Crippen LogP contribution in [0.25, 0.3) is 0 Å². The van der Waals surface area contributed by atoms with Crippen molar-refractivity contribution in [2.24, 2.45) is 5.41 Å². The Kier molecular flexibility index (Phi) is 7.20. The molecule has 0 fully saturated rings. The first-order valence-corrected chi connectivity index (χ1v) is 5.89. The first kappa shape index (κ1) is 13.9. The number of hydrogen-bond donors (Lipinski definition) is 1. The van der Waals surface area contributed by atoms with Gasteiger partial charge in [0, 0.05) is 13.1 Å². The molecule has 0 aromatic carbocycles. The summed E-state index contributed by atoms with van der Waals surface area (Å²) in [6.45, 7) is 10.3. The van der Waals surface area contributed by atoms with Gasteiger partial charge in [-0.05, 0) is 38.9 Å². The Bertz CT molecular complexity index is 134. The lowest BCUT2D eigenvalue weighted by atomic mass is 9.85. The molecule has 0 aliphatic rings. The van der Waals surface area contributed by atoms with E-state index in [2.05, 4.69) is 45.1 Å². The Morgan fingerprint density at radius 3 is 2.21 bits per heavy atom. The minimum Gasteiger partial charge on any atom is -0.316 e. The van der Waals surface area contributed by atoms with Gasteiger partial charge in [0.15, 0.2) is 0 Å². The van der Waals surface area contributed by atoms with E-state index in [9.17, 15) is 0 Å². The Hall–Kier alpha value is -0.0800. The molecule has 2 heteroatoms. The van der Waals surface area contributed by atoms with Gasteiger partial charge < -0.3 is 10.2 Å². The summed E-state index contributed by atoms with van der Waals surface area (Å²) < 4.78 is 0. The average Bonchev–Trinajstić information content (AvgIpc) is 2.03. The summed E-state index contributed by atoms with van der Waals surface area (Å²) in [5, 5.41) is 3.54. The molecule has 0 amide bonds. The third kappa shape index (κ3) is 6.39. The van der Waals surface area contributed by atoms with Crippen LogP contribution >= 0.6 is 0 Å².